The van der Waals surface area contributed by atoms with E-state index in [0.29, 0.717) is 6.61 Å². The standard InChI is InChI=1S/C10H19N3O/c1-3-5-13-8-9(7-12-13)10(11)4-6-14-2/h7-8,10H,3-6,11H2,1-2H3. The third-order valence-electron chi connectivity index (χ3n) is 2.17. The Morgan fingerprint density at radius 3 is 3.07 bits per heavy atom. The molecule has 0 aliphatic rings. The summed E-state index contributed by atoms with van der Waals surface area (Å²) in [5.74, 6) is 0. The van der Waals surface area contributed by atoms with Crippen LogP contribution in [0.4, 0.5) is 0 Å². The van der Waals surface area contributed by atoms with E-state index >= 15 is 0 Å². The summed E-state index contributed by atoms with van der Waals surface area (Å²) in [6.45, 7) is 3.78. The van der Waals surface area contributed by atoms with Crippen molar-refractivity contribution < 1.29 is 4.74 Å². The molecule has 14 heavy (non-hydrogen) atoms. The first-order valence-electron chi connectivity index (χ1n) is 5.04. The first kappa shape index (κ1) is 11.2. The minimum absolute atomic E-state index is 0.0422. The number of nitrogens with zero attached hydrogens (tertiary/aromatic N) is 2. The van der Waals surface area contributed by atoms with Gasteiger partial charge in [-0.3, -0.25) is 4.68 Å². The fraction of sp³-hybridized carbons (Fsp3) is 0.700. The van der Waals surface area contributed by atoms with Crippen molar-refractivity contribution >= 4 is 0 Å². The zero-order valence-corrected chi connectivity index (χ0v) is 8.94. The van der Waals surface area contributed by atoms with Crippen LogP contribution >= 0.6 is 0 Å². The summed E-state index contributed by atoms with van der Waals surface area (Å²) in [4.78, 5) is 0. The van der Waals surface area contributed by atoms with Crippen LogP contribution in [0.15, 0.2) is 12.4 Å². The van der Waals surface area contributed by atoms with E-state index in [-0.39, 0.29) is 6.04 Å². The van der Waals surface area contributed by atoms with Crippen LogP contribution in [0.2, 0.25) is 0 Å². The Hall–Kier alpha value is -0.870. The molecule has 1 aromatic heterocycles. The van der Waals surface area contributed by atoms with Gasteiger partial charge in [-0.1, -0.05) is 6.92 Å². The molecule has 0 bridgehead atoms. The van der Waals surface area contributed by atoms with Gasteiger partial charge in [0, 0.05) is 38.1 Å². The van der Waals surface area contributed by atoms with Gasteiger partial charge in [-0.2, -0.15) is 5.10 Å². The Balaban J connectivity index is 2.48. The molecule has 1 atom stereocenters. The highest BCUT2D eigenvalue weighted by atomic mass is 16.5. The molecule has 0 aliphatic heterocycles. The third-order valence-corrected chi connectivity index (χ3v) is 2.17. The Labute approximate surface area is 85.0 Å². The first-order chi connectivity index (χ1) is 6.77. The van der Waals surface area contributed by atoms with Gasteiger partial charge in [-0.25, -0.2) is 0 Å². The Morgan fingerprint density at radius 1 is 1.64 bits per heavy atom. The molecule has 1 rings (SSSR count). The molecule has 80 valence electrons. The van der Waals surface area contributed by atoms with Crippen molar-refractivity contribution in [2.45, 2.75) is 32.4 Å². The van der Waals surface area contributed by atoms with Gasteiger partial charge in [0.2, 0.25) is 0 Å². The van der Waals surface area contributed by atoms with Gasteiger partial charge >= 0.3 is 0 Å². The first-order valence-corrected chi connectivity index (χ1v) is 5.04. The molecule has 0 radical (unpaired) electrons. The van der Waals surface area contributed by atoms with E-state index in [1.807, 2.05) is 17.1 Å². The largest absolute Gasteiger partial charge is 0.385 e. The van der Waals surface area contributed by atoms with Gasteiger partial charge in [0.1, 0.15) is 0 Å². The molecule has 1 heterocycles. The average molecular weight is 197 g/mol. The zero-order valence-electron chi connectivity index (χ0n) is 8.94. The van der Waals surface area contributed by atoms with Crippen molar-refractivity contribution in [3.63, 3.8) is 0 Å². The fourth-order valence-corrected chi connectivity index (χ4v) is 1.33. The second-order valence-electron chi connectivity index (χ2n) is 3.42. The molecule has 0 aliphatic carbocycles. The monoisotopic (exact) mass is 197 g/mol. The number of ether oxygens (including phenoxy) is 1. The number of rotatable bonds is 6. The predicted octanol–water partition coefficient (Wildman–Crippen LogP) is 1.33. The van der Waals surface area contributed by atoms with E-state index in [2.05, 4.69) is 12.0 Å². The third kappa shape index (κ3) is 3.12. The van der Waals surface area contributed by atoms with E-state index in [1.165, 1.54) is 0 Å². The van der Waals surface area contributed by atoms with E-state index in [4.69, 9.17) is 10.5 Å². The molecule has 0 aromatic carbocycles. The normalized spacial score (nSPS) is 13.1. The highest BCUT2D eigenvalue weighted by Gasteiger charge is 2.07. The Kier molecular flexibility index (Phi) is 4.62. The fourth-order valence-electron chi connectivity index (χ4n) is 1.33. The molecular weight excluding hydrogens is 178 g/mol. The Bertz CT molecular complexity index is 260. The maximum Gasteiger partial charge on any atom is 0.0537 e. The van der Waals surface area contributed by atoms with Gasteiger partial charge in [-0.05, 0) is 12.8 Å². The average Bonchev–Trinajstić information content (AvgIpc) is 2.63. The lowest BCUT2D eigenvalue weighted by Gasteiger charge is -2.07. The van der Waals surface area contributed by atoms with Gasteiger partial charge in [0.05, 0.1) is 6.20 Å². The molecule has 1 aromatic rings. The summed E-state index contributed by atoms with van der Waals surface area (Å²) in [6.07, 6.45) is 5.79. The minimum atomic E-state index is 0.0422. The number of aryl methyl sites for hydroxylation is 1. The highest BCUT2D eigenvalue weighted by molar-refractivity contribution is 5.09. The molecule has 2 N–H and O–H groups in total. The molecule has 1 unspecified atom stereocenters. The molecule has 4 nitrogen and oxygen atoms in total. The molecular formula is C10H19N3O. The lowest BCUT2D eigenvalue weighted by atomic mass is 10.1. The topological polar surface area (TPSA) is 53.1 Å². The molecule has 4 heteroatoms. The maximum absolute atomic E-state index is 5.96. The summed E-state index contributed by atoms with van der Waals surface area (Å²) in [7, 11) is 1.69. The second-order valence-corrected chi connectivity index (χ2v) is 3.42. The number of methoxy groups -OCH3 is 1. The number of nitrogens with two attached hydrogens (primary N) is 1. The highest BCUT2D eigenvalue weighted by Crippen LogP contribution is 2.12. The van der Waals surface area contributed by atoms with Crippen molar-refractivity contribution in [1.29, 1.82) is 0 Å². The van der Waals surface area contributed by atoms with E-state index in [0.717, 1.165) is 24.9 Å². The summed E-state index contributed by atoms with van der Waals surface area (Å²) in [5.41, 5.74) is 7.05. The van der Waals surface area contributed by atoms with Gasteiger partial charge in [0.15, 0.2) is 0 Å². The van der Waals surface area contributed by atoms with Gasteiger partial charge in [-0.15, -0.1) is 0 Å². The van der Waals surface area contributed by atoms with Gasteiger partial charge in [0.25, 0.3) is 0 Å². The summed E-state index contributed by atoms with van der Waals surface area (Å²) in [5, 5.41) is 4.23. The van der Waals surface area contributed by atoms with Crippen LogP contribution in [-0.4, -0.2) is 23.5 Å². The van der Waals surface area contributed by atoms with Crippen LogP contribution in [0.5, 0.6) is 0 Å². The number of hydrogen-bond acceptors (Lipinski definition) is 3. The molecule has 0 spiro atoms. The lowest BCUT2D eigenvalue weighted by molar-refractivity contribution is 0.188. The van der Waals surface area contributed by atoms with Crippen molar-refractivity contribution in [3.05, 3.63) is 18.0 Å². The van der Waals surface area contributed by atoms with Crippen LogP contribution < -0.4 is 5.73 Å². The van der Waals surface area contributed by atoms with Crippen molar-refractivity contribution in [2.24, 2.45) is 5.73 Å². The van der Waals surface area contributed by atoms with Gasteiger partial charge < -0.3 is 10.5 Å². The molecule has 0 fully saturated rings. The summed E-state index contributed by atoms with van der Waals surface area (Å²) >= 11 is 0. The van der Waals surface area contributed by atoms with Crippen LogP contribution in [0.1, 0.15) is 31.4 Å². The van der Waals surface area contributed by atoms with Crippen LogP contribution in [-0.2, 0) is 11.3 Å². The summed E-state index contributed by atoms with van der Waals surface area (Å²) in [6, 6.07) is 0.0422. The minimum Gasteiger partial charge on any atom is -0.385 e. The SMILES string of the molecule is CCCn1cc(C(N)CCOC)cn1. The summed E-state index contributed by atoms with van der Waals surface area (Å²) < 4.78 is 6.91. The van der Waals surface area contributed by atoms with Crippen LogP contribution in [0.3, 0.4) is 0 Å². The smallest absolute Gasteiger partial charge is 0.0537 e. The van der Waals surface area contributed by atoms with Crippen molar-refractivity contribution in [2.75, 3.05) is 13.7 Å². The zero-order chi connectivity index (χ0) is 10.4. The van der Waals surface area contributed by atoms with Crippen LogP contribution in [0.25, 0.3) is 0 Å². The Morgan fingerprint density at radius 2 is 2.43 bits per heavy atom. The quantitative estimate of drug-likeness (QED) is 0.748. The maximum atomic E-state index is 5.96. The van der Waals surface area contributed by atoms with E-state index in [9.17, 15) is 0 Å². The molecule has 0 saturated heterocycles. The molecule has 0 saturated carbocycles. The predicted molar refractivity (Wildman–Crippen MR) is 55.9 cm³/mol. The van der Waals surface area contributed by atoms with E-state index < -0.39 is 0 Å². The van der Waals surface area contributed by atoms with Crippen molar-refractivity contribution in [1.82, 2.24) is 9.78 Å². The number of hydrogen-bond donors (Lipinski definition) is 1. The second kappa shape index (κ2) is 5.78. The van der Waals surface area contributed by atoms with Crippen LogP contribution in [0, 0.1) is 0 Å². The van der Waals surface area contributed by atoms with E-state index in [1.54, 1.807) is 7.11 Å². The molecule has 0 amide bonds. The number of aromatic nitrogens is 2. The van der Waals surface area contributed by atoms with Crippen molar-refractivity contribution in [3.8, 4) is 0 Å². The lowest BCUT2D eigenvalue weighted by Crippen LogP contribution is -2.11.